The number of methoxy groups -OCH3 is 1. The molecule has 0 aliphatic carbocycles. The molecular weight excluding hydrogens is 252 g/mol. The van der Waals surface area contributed by atoms with Gasteiger partial charge in [0.05, 0.1) is 18.4 Å². The molecule has 102 valence electrons. The lowest BCUT2D eigenvalue weighted by atomic mass is 10.1. The van der Waals surface area contributed by atoms with Crippen LogP contribution in [0.1, 0.15) is 18.1 Å². The lowest BCUT2D eigenvalue weighted by molar-refractivity contribution is 0.409. The van der Waals surface area contributed by atoms with Crippen LogP contribution in [0, 0.1) is 11.3 Å². The van der Waals surface area contributed by atoms with Gasteiger partial charge in [-0.25, -0.2) is 0 Å². The Bertz CT molecular complexity index is 660. The highest BCUT2D eigenvalue weighted by Crippen LogP contribution is 2.32. The topological polar surface area (TPSA) is 68.3 Å². The van der Waals surface area contributed by atoms with Crippen molar-refractivity contribution < 1.29 is 9.47 Å². The second-order valence-electron chi connectivity index (χ2n) is 4.30. The normalized spacial score (nSPS) is 9.85. The summed E-state index contributed by atoms with van der Waals surface area (Å²) in [7, 11) is 1.57. The van der Waals surface area contributed by atoms with Gasteiger partial charge < -0.3 is 15.2 Å². The van der Waals surface area contributed by atoms with Crippen LogP contribution < -0.4 is 15.2 Å². The van der Waals surface area contributed by atoms with Crippen LogP contribution in [0.4, 0.5) is 5.69 Å². The molecule has 0 aliphatic heterocycles. The number of benzene rings is 2. The summed E-state index contributed by atoms with van der Waals surface area (Å²) in [5.41, 5.74) is 8.09. The molecule has 0 heterocycles. The Kier molecular flexibility index (Phi) is 4.11. The SMILES string of the molecule is CCc1ccc(Oc2cc(OC)ccc2C#N)c(N)c1. The first-order valence-corrected chi connectivity index (χ1v) is 6.32. The van der Waals surface area contributed by atoms with Crippen molar-refractivity contribution in [3.8, 4) is 23.3 Å². The molecule has 0 aromatic heterocycles. The molecule has 0 fully saturated rings. The molecule has 0 saturated carbocycles. The molecule has 2 N–H and O–H groups in total. The van der Waals surface area contributed by atoms with Gasteiger partial charge in [-0.05, 0) is 36.2 Å². The Morgan fingerprint density at radius 2 is 1.95 bits per heavy atom. The molecule has 2 aromatic carbocycles. The van der Waals surface area contributed by atoms with E-state index in [0.29, 0.717) is 28.5 Å². The summed E-state index contributed by atoms with van der Waals surface area (Å²) in [5, 5.41) is 9.11. The number of nitrogens with zero attached hydrogens (tertiary/aromatic N) is 1. The third-order valence-electron chi connectivity index (χ3n) is 3.01. The standard InChI is InChI=1S/C16H16N2O2/c1-3-11-4-7-15(14(18)8-11)20-16-9-13(19-2)6-5-12(16)10-17/h4-9H,3,18H2,1-2H3. The van der Waals surface area contributed by atoms with E-state index in [0.717, 1.165) is 12.0 Å². The number of nitrogens with two attached hydrogens (primary N) is 1. The molecule has 4 nitrogen and oxygen atoms in total. The molecule has 20 heavy (non-hydrogen) atoms. The van der Waals surface area contributed by atoms with Crippen molar-refractivity contribution >= 4 is 5.69 Å². The second kappa shape index (κ2) is 5.98. The largest absolute Gasteiger partial charge is 0.497 e. The van der Waals surface area contributed by atoms with Crippen LogP contribution in [0.25, 0.3) is 0 Å². The molecule has 0 amide bonds. The van der Waals surface area contributed by atoms with E-state index in [1.165, 1.54) is 0 Å². The summed E-state index contributed by atoms with van der Waals surface area (Å²) in [4.78, 5) is 0. The molecule has 4 heteroatoms. The third kappa shape index (κ3) is 2.83. The lowest BCUT2D eigenvalue weighted by Crippen LogP contribution is -1.96. The minimum Gasteiger partial charge on any atom is -0.497 e. The minimum atomic E-state index is 0.433. The van der Waals surface area contributed by atoms with Crippen molar-refractivity contribution in [2.24, 2.45) is 0 Å². The zero-order chi connectivity index (χ0) is 14.5. The first kappa shape index (κ1) is 13.8. The van der Waals surface area contributed by atoms with Gasteiger partial charge in [0.1, 0.15) is 23.3 Å². The number of anilines is 1. The van der Waals surface area contributed by atoms with E-state index >= 15 is 0 Å². The van der Waals surface area contributed by atoms with E-state index in [4.69, 9.17) is 20.5 Å². The van der Waals surface area contributed by atoms with Crippen LogP contribution in [-0.2, 0) is 6.42 Å². The molecule has 0 radical (unpaired) electrons. The van der Waals surface area contributed by atoms with Gasteiger partial charge in [0.15, 0.2) is 0 Å². The summed E-state index contributed by atoms with van der Waals surface area (Å²) >= 11 is 0. The quantitative estimate of drug-likeness (QED) is 0.862. The van der Waals surface area contributed by atoms with Gasteiger partial charge in [0.25, 0.3) is 0 Å². The van der Waals surface area contributed by atoms with Crippen molar-refractivity contribution in [1.82, 2.24) is 0 Å². The Morgan fingerprint density at radius 3 is 2.55 bits per heavy atom. The van der Waals surface area contributed by atoms with Crippen LogP contribution >= 0.6 is 0 Å². The highest BCUT2D eigenvalue weighted by Gasteiger charge is 2.09. The monoisotopic (exact) mass is 268 g/mol. The highest BCUT2D eigenvalue weighted by atomic mass is 16.5. The summed E-state index contributed by atoms with van der Waals surface area (Å²) in [6.45, 7) is 2.06. The van der Waals surface area contributed by atoms with Gasteiger partial charge in [0.2, 0.25) is 0 Å². The fourth-order valence-electron chi connectivity index (χ4n) is 1.84. The highest BCUT2D eigenvalue weighted by molar-refractivity contribution is 5.57. The number of aryl methyl sites for hydroxylation is 1. The van der Waals surface area contributed by atoms with Crippen LogP contribution in [0.2, 0.25) is 0 Å². The maximum absolute atomic E-state index is 9.11. The summed E-state index contributed by atoms with van der Waals surface area (Å²) in [6.07, 6.45) is 0.910. The maximum atomic E-state index is 9.11. The molecule has 0 spiro atoms. The molecule has 2 rings (SSSR count). The Balaban J connectivity index is 2.36. The van der Waals surface area contributed by atoms with Gasteiger partial charge in [-0.3, -0.25) is 0 Å². The van der Waals surface area contributed by atoms with Crippen molar-refractivity contribution in [1.29, 1.82) is 5.26 Å². The fourth-order valence-corrected chi connectivity index (χ4v) is 1.84. The van der Waals surface area contributed by atoms with Gasteiger partial charge in [-0.15, -0.1) is 0 Å². The summed E-state index contributed by atoms with van der Waals surface area (Å²) in [6, 6.07) is 12.8. The summed E-state index contributed by atoms with van der Waals surface area (Å²) < 4.78 is 10.9. The molecule has 2 aromatic rings. The Morgan fingerprint density at radius 1 is 1.15 bits per heavy atom. The van der Waals surface area contributed by atoms with E-state index in [1.807, 2.05) is 18.2 Å². The van der Waals surface area contributed by atoms with Gasteiger partial charge in [0, 0.05) is 6.07 Å². The van der Waals surface area contributed by atoms with Crippen LogP contribution in [0.3, 0.4) is 0 Å². The van der Waals surface area contributed by atoms with Crippen LogP contribution in [0.15, 0.2) is 36.4 Å². The van der Waals surface area contributed by atoms with Crippen molar-refractivity contribution in [3.05, 3.63) is 47.5 Å². The third-order valence-corrected chi connectivity index (χ3v) is 3.01. The number of hydrogen-bond donors (Lipinski definition) is 1. The molecule has 0 unspecified atom stereocenters. The second-order valence-corrected chi connectivity index (χ2v) is 4.30. The smallest absolute Gasteiger partial charge is 0.150 e. The average molecular weight is 268 g/mol. The van der Waals surface area contributed by atoms with E-state index in [1.54, 1.807) is 25.3 Å². The number of nitrogen functional groups attached to an aromatic ring is 1. The number of ether oxygens (including phenoxy) is 2. The maximum Gasteiger partial charge on any atom is 0.150 e. The summed E-state index contributed by atoms with van der Waals surface area (Å²) in [5.74, 6) is 1.59. The molecule has 0 saturated heterocycles. The van der Waals surface area contributed by atoms with Gasteiger partial charge >= 0.3 is 0 Å². The Hall–Kier alpha value is -2.67. The van der Waals surface area contributed by atoms with E-state index in [9.17, 15) is 0 Å². The van der Waals surface area contributed by atoms with Crippen LogP contribution in [-0.4, -0.2) is 7.11 Å². The molecule has 0 atom stereocenters. The van der Waals surface area contributed by atoms with Gasteiger partial charge in [-0.2, -0.15) is 5.26 Å². The van der Waals surface area contributed by atoms with E-state index in [-0.39, 0.29) is 0 Å². The lowest BCUT2D eigenvalue weighted by Gasteiger charge is -2.11. The molecular formula is C16H16N2O2. The van der Waals surface area contributed by atoms with E-state index in [2.05, 4.69) is 13.0 Å². The average Bonchev–Trinajstić information content (AvgIpc) is 2.49. The molecule has 0 bridgehead atoms. The van der Waals surface area contributed by atoms with Crippen LogP contribution in [0.5, 0.6) is 17.2 Å². The predicted molar refractivity (Wildman–Crippen MR) is 78.0 cm³/mol. The Labute approximate surface area is 118 Å². The number of hydrogen-bond acceptors (Lipinski definition) is 4. The number of nitriles is 1. The van der Waals surface area contributed by atoms with Crippen molar-refractivity contribution in [2.45, 2.75) is 13.3 Å². The molecule has 0 aliphatic rings. The zero-order valence-corrected chi connectivity index (χ0v) is 11.5. The predicted octanol–water partition coefficient (Wildman–Crippen LogP) is 3.50. The van der Waals surface area contributed by atoms with E-state index < -0.39 is 0 Å². The minimum absolute atomic E-state index is 0.433. The van der Waals surface area contributed by atoms with Crippen molar-refractivity contribution in [2.75, 3.05) is 12.8 Å². The first-order chi connectivity index (χ1) is 9.67. The van der Waals surface area contributed by atoms with Gasteiger partial charge in [-0.1, -0.05) is 13.0 Å². The first-order valence-electron chi connectivity index (χ1n) is 6.32. The fraction of sp³-hybridized carbons (Fsp3) is 0.188. The zero-order valence-electron chi connectivity index (χ0n) is 11.5. The van der Waals surface area contributed by atoms with Crippen molar-refractivity contribution in [3.63, 3.8) is 0 Å². The number of rotatable bonds is 4.